The summed E-state index contributed by atoms with van der Waals surface area (Å²) >= 11 is 2.13. The van der Waals surface area contributed by atoms with E-state index in [2.05, 4.69) is 181 Å². The fraction of sp³-hybridized carbons (Fsp3) is 0.308. The lowest BCUT2D eigenvalue weighted by atomic mass is 9.81. The van der Waals surface area contributed by atoms with Gasteiger partial charge in [-0.15, -0.1) is 11.8 Å². The van der Waals surface area contributed by atoms with E-state index in [0.717, 1.165) is 38.5 Å². The van der Waals surface area contributed by atoms with E-state index < -0.39 is 0 Å². The highest BCUT2D eigenvalue weighted by atomic mass is 32.2. The maximum atomic E-state index is 2.57. The standard InChI is InChI=1S/C48H46S.C4H10/c1-5-48(6-2,49-32(3)4)39-28-29-44-45(31-39)47(41-21-13-17-35-15-9-10-18-40(35)41)43-20-12-11-19-42(43)46(44)36-25-22-34(23-26-36)38-27-24-33-14-7-8-16-37(33)30-38;1-3-4-2/h8,10-13,16-32H,5-7,9,14-15H2,1-4H3;3-4H2,1-2H3. The van der Waals surface area contributed by atoms with Crippen LogP contribution in [-0.4, -0.2) is 5.25 Å². The van der Waals surface area contributed by atoms with Gasteiger partial charge in [0.15, 0.2) is 0 Å². The lowest BCUT2D eigenvalue weighted by Gasteiger charge is -2.34. The molecule has 2 aliphatic rings. The predicted octanol–water partition coefficient (Wildman–Crippen LogP) is 15.9. The van der Waals surface area contributed by atoms with Gasteiger partial charge in [-0.3, -0.25) is 0 Å². The van der Waals surface area contributed by atoms with Crippen molar-refractivity contribution in [3.05, 3.63) is 143 Å². The van der Waals surface area contributed by atoms with E-state index in [0.29, 0.717) is 5.25 Å². The average molecular weight is 713 g/mol. The highest BCUT2D eigenvalue weighted by Crippen LogP contribution is 2.50. The molecule has 270 valence electrons. The van der Waals surface area contributed by atoms with Gasteiger partial charge in [0.1, 0.15) is 0 Å². The van der Waals surface area contributed by atoms with Crippen molar-refractivity contribution in [2.75, 3.05) is 0 Å². The molecule has 0 unspecified atom stereocenters. The molecule has 0 saturated carbocycles. The van der Waals surface area contributed by atoms with Crippen LogP contribution in [0.1, 0.15) is 108 Å². The molecule has 0 spiro atoms. The second-order valence-electron chi connectivity index (χ2n) is 15.2. The molecule has 0 fully saturated rings. The zero-order valence-electron chi connectivity index (χ0n) is 32.8. The molecule has 0 bridgehead atoms. The summed E-state index contributed by atoms with van der Waals surface area (Å²) in [5.74, 6) is 0. The summed E-state index contributed by atoms with van der Waals surface area (Å²) in [5.41, 5.74) is 15.0. The molecule has 53 heavy (non-hydrogen) atoms. The number of fused-ring (bicyclic) bond motifs is 4. The summed E-state index contributed by atoms with van der Waals surface area (Å²) < 4.78 is 0.0766. The van der Waals surface area contributed by atoms with E-state index in [1.54, 1.807) is 0 Å². The van der Waals surface area contributed by atoms with Gasteiger partial charge in [-0.25, -0.2) is 0 Å². The number of hydrogen-bond acceptors (Lipinski definition) is 1. The van der Waals surface area contributed by atoms with Crippen molar-refractivity contribution in [1.82, 2.24) is 0 Å². The first kappa shape index (κ1) is 37.0. The molecular weight excluding hydrogens is 657 g/mol. The number of hydrogen-bond donors (Lipinski definition) is 0. The number of unbranched alkanes of at least 4 members (excludes halogenated alkanes) is 1. The summed E-state index contributed by atoms with van der Waals surface area (Å²) in [4.78, 5) is 0. The van der Waals surface area contributed by atoms with Crippen molar-refractivity contribution in [3.63, 3.8) is 0 Å². The molecule has 0 nitrogen and oxygen atoms in total. The minimum absolute atomic E-state index is 0.0766. The molecule has 0 heterocycles. The van der Waals surface area contributed by atoms with Crippen molar-refractivity contribution >= 4 is 45.5 Å². The molecular formula is C52H56S. The maximum absolute atomic E-state index is 2.57. The second kappa shape index (κ2) is 16.4. The Hall–Kier alpha value is -4.33. The number of rotatable bonds is 9. The molecule has 0 atom stereocenters. The van der Waals surface area contributed by atoms with Crippen molar-refractivity contribution in [2.24, 2.45) is 0 Å². The number of benzene rings is 6. The maximum Gasteiger partial charge on any atom is 0.0405 e. The van der Waals surface area contributed by atoms with Crippen LogP contribution < -0.4 is 0 Å². The lowest BCUT2D eigenvalue weighted by Crippen LogP contribution is -2.22. The quantitative estimate of drug-likeness (QED) is 0.135. The van der Waals surface area contributed by atoms with E-state index in [9.17, 15) is 0 Å². The summed E-state index contributed by atoms with van der Waals surface area (Å²) in [6.07, 6.45) is 18.7. The first-order valence-electron chi connectivity index (χ1n) is 20.3. The van der Waals surface area contributed by atoms with Crippen LogP contribution in [0.2, 0.25) is 0 Å². The molecule has 0 aliphatic heterocycles. The average Bonchev–Trinajstić information content (AvgIpc) is 3.21. The van der Waals surface area contributed by atoms with Crippen molar-refractivity contribution in [1.29, 1.82) is 0 Å². The molecule has 0 aromatic heterocycles. The second-order valence-corrected chi connectivity index (χ2v) is 17.1. The fourth-order valence-corrected chi connectivity index (χ4v) is 10.0. The predicted molar refractivity (Wildman–Crippen MR) is 238 cm³/mol. The minimum atomic E-state index is 0.0766. The van der Waals surface area contributed by atoms with Gasteiger partial charge < -0.3 is 0 Å². The van der Waals surface area contributed by atoms with Crippen LogP contribution in [0.15, 0.2) is 115 Å². The highest BCUT2D eigenvalue weighted by molar-refractivity contribution is 8.00. The Balaban J connectivity index is 0.00000104. The number of allylic oxidation sites excluding steroid dienone is 2. The Morgan fingerprint density at radius 2 is 1.21 bits per heavy atom. The molecule has 0 amide bonds. The normalized spacial score (nSPS) is 13.6. The highest BCUT2D eigenvalue weighted by Gasteiger charge is 2.31. The Bertz CT molecular complexity index is 2270. The third-order valence-electron chi connectivity index (χ3n) is 11.5. The summed E-state index contributed by atoms with van der Waals surface area (Å²) in [5, 5.41) is 5.89. The van der Waals surface area contributed by atoms with Gasteiger partial charge >= 0.3 is 0 Å². The van der Waals surface area contributed by atoms with Crippen LogP contribution >= 0.6 is 11.8 Å². The number of thioether (sulfide) groups is 1. The summed E-state index contributed by atoms with van der Waals surface area (Å²) in [6.45, 7) is 13.8. The zero-order chi connectivity index (χ0) is 37.0. The first-order chi connectivity index (χ1) is 25.9. The summed E-state index contributed by atoms with van der Waals surface area (Å²) in [6, 6.07) is 39.9. The van der Waals surface area contributed by atoms with Gasteiger partial charge in [0.2, 0.25) is 0 Å². The topological polar surface area (TPSA) is 0 Å². The molecule has 1 heteroatoms. The SMILES string of the molecule is CCC(CC)(SC(C)C)c1ccc2c(-c3ccc(-c4ccc5c(c4)C=CCC5)cc3)c3ccccc3c(-c3cccc4c3C=CCC4)c2c1.CCCC. The smallest absolute Gasteiger partial charge is 0.0405 e. The van der Waals surface area contributed by atoms with E-state index in [1.807, 2.05) is 0 Å². The van der Waals surface area contributed by atoms with E-state index in [4.69, 9.17) is 0 Å². The third kappa shape index (κ3) is 7.30. The van der Waals surface area contributed by atoms with Gasteiger partial charge in [0.05, 0.1) is 0 Å². The zero-order valence-corrected chi connectivity index (χ0v) is 33.6. The van der Waals surface area contributed by atoms with Crippen molar-refractivity contribution < 1.29 is 0 Å². The fourth-order valence-electron chi connectivity index (χ4n) is 8.53. The van der Waals surface area contributed by atoms with Crippen LogP contribution in [0.3, 0.4) is 0 Å². The molecule has 8 rings (SSSR count). The Morgan fingerprint density at radius 1 is 0.566 bits per heavy atom. The van der Waals surface area contributed by atoms with Gasteiger partial charge in [-0.1, -0.05) is 170 Å². The minimum Gasteiger partial charge on any atom is -0.148 e. The molecule has 0 radical (unpaired) electrons. The Kier molecular flexibility index (Phi) is 11.4. The summed E-state index contributed by atoms with van der Waals surface area (Å²) in [7, 11) is 0. The van der Waals surface area contributed by atoms with Crippen LogP contribution in [0.25, 0.3) is 67.1 Å². The molecule has 6 aromatic carbocycles. The van der Waals surface area contributed by atoms with Crippen LogP contribution in [0.5, 0.6) is 0 Å². The Labute approximate surface area is 323 Å². The van der Waals surface area contributed by atoms with Gasteiger partial charge in [0.25, 0.3) is 0 Å². The van der Waals surface area contributed by atoms with Gasteiger partial charge in [0, 0.05) is 4.75 Å². The molecule has 2 aliphatic carbocycles. The van der Waals surface area contributed by atoms with Gasteiger partial charge in [-0.05, 0) is 139 Å². The first-order valence-corrected chi connectivity index (χ1v) is 21.1. The monoisotopic (exact) mass is 712 g/mol. The van der Waals surface area contributed by atoms with E-state index in [-0.39, 0.29) is 4.75 Å². The van der Waals surface area contributed by atoms with Crippen LogP contribution in [-0.2, 0) is 17.6 Å². The third-order valence-corrected chi connectivity index (χ3v) is 13.3. The number of aryl methyl sites for hydroxylation is 2. The van der Waals surface area contributed by atoms with E-state index >= 15 is 0 Å². The molecule has 0 saturated heterocycles. The van der Waals surface area contributed by atoms with Crippen molar-refractivity contribution in [3.8, 4) is 33.4 Å². The van der Waals surface area contributed by atoms with E-state index in [1.165, 1.54) is 95.6 Å². The Morgan fingerprint density at radius 3 is 1.91 bits per heavy atom. The van der Waals surface area contributed by atoms with Gasteiger partial charge in [-0.2, -0.15) is 0 Å². The largest absolute Gasteiger partial charge is 0.148 e. The van der Waals surface area contributed by atoms with Crippen LogP contribution in [0.4, 0.5) is 0 Å². The lowest BCUT2D eigenvalue weighted by molar-refractivity contribution is 0.577. The van der Waals surface area contributed by atoms with Crippen molar-refractivity contribution in [2.45, 2.75) is 103 Å². The molecule has 0 N–H and O–H groups in total. The molecule has 6 aromatic rings. The van der Waals surface area contributed by atoms with Crippen LogP contribution in [0, 0.1) is 0 Å².